The van der Waals surface area contributed by atoms with E-state index >= 15 is 0 Å². The summed E-state index contributed by atoms with van der Waals surface area (Å²) in [6.07, 6.45) is 3.27. The van der Waals surface area contributed by atoms with E-state index < -0.39 is 5.91 Å². The molecule has 2 aromatic heterocycles. The van der Waals surface area contributed by atoms with Gasteiger partial charge in [0, 0.05) is 24.1 Å². The number of nitrogens with zero attached hydrogens (tertiary/aromatic N) is 3. The highest BCUT2D eigenvalue weighted by molar-refractivity contribution is 5.94. The van der Waals surface area contributed by atoms with Gasteiger partial charge in [0.05, 0.1) is 12.6 Å². The van der Waals surface area contributed by atoms with Crippen LogP contribution in [0.2, 0.25) is 0 Å². The van der Waals surface area contributed by atoms with E-state index in [2.05, 4.69) is 26.1 Å². The van der Waals surface area contributed by atoms with E-state index in [4.69, 9.17) is 0 Å². The molecule has 2 amide bonds. The van der Waals surface area contributed by atoms with Crippen LogP contribution in [0.4, 0.5) is 0 Å². The summed E-state index contributed by atoms with van der Waals surface area (Å²) in [6.45, 7) is 0. The number of aryl methyl sites for hydroxylation is 1. The van der Waals surface area contributed by atoms with Crippen molar-refractivity contribution in [2.24, 2.45) is 7.05 Å². The smallest absolute Gasteiger partial charge is 0.289 e. The van der Waals surface area contributed by atoms with E-state index in [0.717, 1.165) is 16.5 Å². The molecule has 0 bridgehead atoms. The Balaban J connectivity index is 1.61. The van der Waals surface area contributed by atoms with Crippen LogP contribution in [-0.4, -0.2) is 31.8 Å². The first-order valence-electron chi connectivity index (χ1n) is 6.64. The third-order valence-corrected chi connectivity index (χ3v) is 3.29. The highest BCUT2D eigenvalue weighted by atomic mass is 16.2. The summed E-state index contributed by atoms with van der Waals surface area (Å²) >= 11 is 0. The van der Waals surface area contributed by atoms with Crippen molar-refractivity contribution >= 4 is 22.7 Å². The van der Waals surface area contributed by atoms with Gasteiger partial charge in [-0.2, -0.15) is 0 Å². The van der Waals surface area contributed by atoms with Crippen LogP contribution in [0.1, 0.15) is 16.1 Å². The third kappa shape index (κ3) is 2.66. The van der Waals surface area contributed by atoms with Gasteiger partial charge in [-0.1, -0.05) is 23.4 Å². The number of rotatable bonds is 3. The molecular weight excluding hydrogens is 284 g/mol. The van der Waals surface area contributed by atoms with Gasteiger partial charge >= 0.3 is 0 Å². The lowest BCUT2D eigenvalue weighted by Gasteiger charge is -2.06. The highest BCUT2D eigenvalue weighted by Gasteiger charge is 2.13. The summed E-state index contributed by atoms with van der Waals surface area (Å²) in [5.41, 5.74) is 6.81. The highest BCUT2D eigenvalue weighted by Crippen LogP contribution is 2.17. The number of aromatic nitrogens is 4. The van der Waals surface area contributed by atoms with Crippen LogP contribution in [-0.2, 0) is 18.3 Å². The number of para-hydroxylation sites is 1. The molecule has 0 unspecified atom stereocenters. The molecule has 0 spiro atoms. The fourth-order valence-electron chi connectivity index (χ4n) is 2.18. The molecule has 8 nitrogen and oxygen atoms in total. The minimum atomic E-state index is -0.472. The zero-order valence-electron chi connectivity index (χ0n) is 11.8. The minimum Gasteiger partial charge on any atom is -0.361 e. The van der Waals surface area contributed by atoms with Crippen molar-refractivity contribution < 1.29 is 9.59 Å². The van der Waals surface area contributed by atoms with E-state index in [1.807, 2.05) is 24.3 Å². The van der Waals surface area contributed by atoms with Crippen LogP contribution in [0.5, 0.6) is 0 Å². The van der Waals surface area contributed by atoms with Crippen LogP contribution in [0, 0.1) is 0 Å². The van der Waals surface area contributed by atoms with Crippen molar-refractivity contribution in [3.05, 3.63) is 47.9 Å². The van der Waals surface area contributed by atoms with E-state index in [-0.39, 0.29) is 18.0 Å². The lowest BCUT2D eigenvalue weighted by molar-refractivity contribution is -0.121. The third-order valence-electron chi connectivity index (χ3n) is 3.29. The molecule has 3 N–H and O–H groups in total. The number of carbonyl (C=O) groups excluding carboxylic acids is 2. The number of benzene rings is 1. The number of hydrogen-bond donors (Lipinski definition) is 3. The summed E-state index contributed by atoms with van der Waals surface area (Å²) in [5.74, 6) is -0.784. The molecule has 3 rings (SSSR count). The molecule has 0 aliphatic carbocycles. The molecule has 0 atom stereocenters. The monoisotopic (exact) mass is 298 g/mol. The number of hydrazine groups is 1. The lowest BCUT2D eigenvalue weighted by Crippen LogP contribution is -2.43. The molecule has 2 heterocycles. The van der Waals surface area contributed by atoms with Gasteiger partial charge in [0.15, 0.2) is 0 Å². The number of nitrogens with one attached hydrogen (secondary N) is 3. The fourth-order valence-corrected chi connectivity index (χ4v) is 2.18. The molecule has 112 valence electrons. The maximum Gasteiger partial charge on any atom is 0.289 e. The maximum atomic E-state index is 11.9. The molecule has 0 saturated carbocycles. The number of hydrogen-bond acceptors (Lipinski definition) is 4. The molecule has 0 saturated heterocycles. The number of fused-ring (bicyclic) bond motifs is 1. The first-order valence-corrected chi connectivity index (χ1v) is 6.64. The van der Waals surface area contributed by atoms with Crippen LogP contribution in [0.3, 0.4) is 0 Å². The zero-order valence-corrected chi connectivity index (χ0v) is 11.8. The molecule has 0 aliphatic rings. The Morgan fingerprint density at radius 3 is 2.86 bits per heavy atom. The normalized spacial score (nSPS) is 10.6. The molecule has 3 aromatic rings. The topological polar surface area (TPSA) is 105 Å². The van der Waals surface area contributed by atoms with Gasteiger partial charge in [-0.25, -0.2) is 4.68 Å². The first kappa shape index (κ1) is 13.8. The van der Waals surface area contributed by atoms with Crippen molar-refractivity contribution in [3.63, 3.8) is 0 Å². The second kappa shape index (κ2) is 5.68. The Morgan fingerprint density at radius 1 is 1.27 bits per heavy atom. The van der Waals surface area contributed by atoms with Crippen molar-refractivity contribution in [1.29, 1.82) is 0 Å². The van der Waals surface area contributed by atoms with Crippen LogP contribution in [0.15, 0.2) is 36.7 Å². The molecule has 0 radical (unpaired) electrons. The molecular formula is C14H14N6O2. The van der Waals surface area contributed by atoms with E-state index in [1.54, 1.807) is 13.2 Å². The van der Waals surface area contributed by atoms with Gasteiger partial charge in [0.1, 0.15) is 5.69 Å². The van der Waals surface area contributed by atoms with Gasteiger partial charge in [-0.3, -0.25) is 20.4 Å². The van der Waals surface area contributed by atoms with Crippen molar-refractivity contribution in [2.45, 2.75) is 6.42 Å². The summed E-state index contributed by atoms with van der Waals surface area (Å²) < 4.78 is 1.32. The predicted octanol–water partition coefficient (Wildman–Crippen LogP) is 0.300. The Kier molecular flexibility index (Phi) is 3.57. The molecule has 22 heavy (non-hydrogen) atoms. The zero-order chi connectivity index (χ0) is 15.5. The van der Waals surface area contributed by atoms with Crippen molar-refractivity contribution in [1.82, 2.24) is 30.8 Å². The second-order valence-electron chi connectivity index (χ2n) is 4.78. The van der Waals surface area contributed by atoms with Crippen LogP contribution >= 0.6 is 0 Å². The SMILES string of the molecule is Cn1nncc1C(=O)NNC(=O)Cc1c[nH]c2ccccc12. The van der Waals surface area contributed by atoms with E-state index in [1.165, 1.54) is 10.9 Å². The number of H-pyrrole nitrogens is 1. The average molecular weight is 298 g/mol. The summed E-state index contributed by atoms with van der Waals surface area (Å²) in [5, 5.41) is 8.23. The molecule has 8 heteroatoms. The number of aromatic amines is 1. The predicted molar refractivity (Wildman–Crippen MR) is 78.6 cm³/mol. The molecule has 0 fully saturated rings. The maximum absolute atomic E-state index is 11.9. The summed E-state index contributed by atoms with van der Waals surface area (Å²) in [4.78, 5) is 26.8. The van der Waals surface area contributed by atoms with Gasteiger partial charge in [0.25, 0.3) is 5.91 Å². The lowest BCUT2D eigenvalue weighted by atomic mass is 10.1. The summed E-state index contributed by atoms with van der Waals surface area (Å²) in [6, 6.07) is 7.71. The Hall–Kier alpha value is -3.16. The second-order valence-corrected chi connectivity index (χ2v) is 4.78. The van der Waals surface area contributed by atoms with Gasteiger partial charge in [-0.05, 0) is 11.6 Å². The Labute approximate surface area is 125 Å². The minimum absolute atomic E-state index is 0.161. The van der Waals surface area contributed by atoms with Gasteiger partial charge in [-0.15, -0.1) is 5.10 Å². The van der Waals surface area contributed by atoms with Crippen LogP contribution < -0.4 is 10.9 Å². The Bertz CT molecular complexity index is 835. The molecule has 1 aromatic carbocycles. The van der Waals surface area contributed by atoms with E-state index in [9.17, 15) is 9.59 Å². The average Bonchev–Trinajstić information content (AvgIpc) is 3.12. The van der Waals surface area contributed by atoms with Gasteiger partial charge < -0.3 is 4.98 Å². The Morgan fingerprint density at radius 2 is 2.09 bits per heavy atom. The van der Waals surface area contributed by atoms with Crippen molar-refractivity contribution in [3.8, 4) is 0 Å². The largest absolute Gasteiger partial charge is 0.361 e. The first-order chi connectivity index (χ1) is 10.6. The number of amides is 2. The van der Waals surface area contributed by atoms with Gasteiger partial charge in [0.2, 0.25) is 5.91 Å². The van der Waals surface area contributed by atoms with Crippen LogP contribution in [0.25, 0.3) is 10.9 Å². The number of carbonyl (C=O) groups is 2. The standard InChI is InChI=1S/C14H14N6O2/c1-20-12(8-16-19-20)14(22)18-17-13(21)6-9-7-15-11-5-3-2-4-10(9)11/h2-5,7-8,15H,6H2,1H3,(H,17,21)(H,18,22). The molecule has 0 aliphatic heterocycles. The summed E-state index contributed by atoms with van der Waals surface area (Å²) in [7, 11) is 1.59. The van der Waals surface area contributed by atoms with Crippen molar-refractivity contribution in [2.75, 3.05) is 0 Å². The van der Waals surface area contributed by atoms with E-state index in [0.29, 0.717) is 0 Å². The quantitative estimate of drug-likeness (QED) is 0.605. The fraction of sp³-hybridized carbons (Fsp3) is 0.143.